The lowest BCUT2D eigenvalue weighted by atomic mass is 9.97. The Hall–Kier alpha value is -0.940. The molecule has 5 nitrogen and oxygen atoms in total. The summed E-state index contributed by atoms with van der Waals surface area (Å²) in [6, 6.07) is 0. The molecule has 0 amide bonds. The van der Waals surface area contributed by atoms with E-state index in [9.17, 15) is 5.11 Å². The van der Waals surface area contributed by atoms with Gasteiger partial charge in [0.15, 0.2) is 0 Å². The van der Waals surface area contributed by atoms with Crippen LogP contribution in [-0.2, 0) is 13.6 Å². The van der Waals surface area contributed by atoms with Gasteiger partial charge in [-0.3, -0.25) is 0 Å². The number of nitrogens with zero attached hydrogens (tertiary/aromatic N) is 3. The maximum absolute atomic E-state index is 9.21. The zero-order valence-corrected chi connectivity index (χ0v) is 9.76. The normalized spacial score (nSPS) is 25.1. The van der Waals surface area contributed by atoms with E-state index >= 15 is 0 Å². The van der Waals surface area contributed by atoms with Crippen molar-refractivity contribution in [2.45, 2.75) is 25.8 Å². The van der Waals surface area contributed by atoms with E-state index in [0.717, 1.165) is 18.9 Å². The average molecular weight is 224 g/mol. The molecule has 16 heavy (non-hydrogen) atoms. The number of hydrogen-bond donors (Lipinski definition) is 2. The van der Waals surface area contributed by atoms with Crippen molar-refractivity contribution in [3.63, 3.8) is 0 Å². The Morgan fingerprint density at radius 1 is 1.50 bits per heavy atom. The number of hydrogen-bond acceptors (Lipinski definition) is 4. The fourth-order valence-corrected chi connectivity index (χ4v) is 2.46. The molecule has 2 atom stereocenters. The molecule has 90 valence electrons. The molecule has 0 bridgehead atoms. The molecule has 1 aliphatic carbocycles. The molecular weight excluding hydrogens is 204 g/mol. The van der Waals surface area contributed by atoms with Crippen LogP contribution in [0.5, 0.6) is 0 Å². The minimum atomic E-state index is 0.330. The summed E-state index contributed by atoms with van der Waals surface area (Å²) in [5, 5.41) is 20.5. The summed E-state index contributed by atoms with van der Waals surface area (Å²) in [6.45, 7) is 2.06. The molecule has 0 aliphatic heterocycles. The summed E-state index contributed by atoms with van der Waals surface area (Å²) in [6.07, 6.45) is 5.37. The lowest BCUT2D eigenvalue weighted by molar-refractivity contribution is 0.192. The van der Waals surface area contributed by atoms with E-state index in [-0.39, 0.29) is 0 Å². The second-order valence-electron chi connectivity index (χ2n) is 4.62. The largest absolute Gasteiger partial charge is 0.396 e. The molecule has 2 unspecified atom stereocenters. The Kier molecular flexibility index (Phi) is 3.90. The first-order chi connectivity index (χ1) is 7.81. The fraction of sp³-hybridized carbons (Fsp3) is 0.818. The van der Waals surface area contributed by atoms with Crippen LogP contribution in [-0.4, -0.2) is 33.0 Å². The lowest BCUT2D eigenvalue weighted by Gasteiger charge is -2.17. The van der Waals surface area contributed by atoms with Gasteiger partial charge in [0.25, 0.3) is 0 Å². The fourth-order valence-electron chi connectivity index (χ4n) is 2.46. The molecule has 2 rings (SSSR count). The van der Waals surface area contributed by atoms with Gasteiger partial charge in [-0.25, -0.2) is 0 Å². The number of aliphatic hydroxyl groups excluding tert-OH is 1. The Labute approximate surface area is 95.9 Å². The highest BCUT2D eigenvalue weighted by Gasteiger charge is 2.25. The Morgan fingerprint density at radius 3 is 3.00 bits per heavy atom. The van der Waals surface area contributed by atoms with Gasteiger partial charge in [-0.2, -0.15) is 0 Å². The van der Waals surface area contributed by atoms with Crippen molar-refractivity contribution in [3.05, 3.63) is 12.2 Å². The van der Waals surface area contributed by atoms with E-state index in [0.29, 0.717) is 18.4 Å². The summed E-state index contributed by atoms with van der Waals surface area (Å²) in [5.41, 5.74) is 0. The van der Waals surface area contributed by atoms with E-state index in [1.54, 1.807) is 6.33 Å². The van der Waals surface area contributed by atoms with Crippen LogP contribution < -0.4 is 5.32 Å². The molecule has 1 saturated carbocycles. The number of rotatable bonds is 5. The van der Waals surface area contributed by atoms with Crippen molar-refractivity contribution < 1.29 is 5.11 Å². The number of aromatic nitrogens is 3. The van der Waals surface area contributed by atoms with Crippen LogP contribution in [0.3, 0.4) is 0 Å². The van der Waals surface area contributed by atoms with E-state index in [1.807, 2.05) is 11.6 Å². The zero-order valence-electron chi connectivity index (χ0n) is 9.76. The molecule has 0 aromatic carbocycles. The Bertz CT molecular complexity index is 326. The molecule has 1 aromatic heterocycles. The van der Waals surface area contributed by atoms with Crippen LogP contribution >= 0.6 is 0 Å². The second kappa shape index (κ2) is 5.41. The maximum Gasteiger partial charge on any atom is 0.146 e. The third-order valence-electron chi connectivity index (χ3n) is 3.55. The SMILES string of the molecule is Cn1cnnc1CNCC1CCCC1CO. The standard InChI is InChI=1S/C11H20N4O/c1-15-8-13-14-11(15)6-12-5-9-3-2-4-10(9)7-16/h8-10,12,16H,2-7H2,1H3. The first kappa shape index (κ1) is 11.5. The molecular formula is C11H20N4O. The van der Waals surface area contributed by atoms with Crippen molar-refractivity contribution in [2.75, 3.05) is 13.2 Å². The van der Waals surface area contributed by atoms with E-state index in [4.69, 9.17) is 0 Å². The highest BCUT2D eigenvalue weighted by molar-refractivity contribution is 4.84. The molecule has 0 radical (unpaired) electrons. The average Bonchev–Trinajstić information content (AvgIpc) is 2.88. The molecule has 5 heteroatoms. The highest BCUT2D eigenvalue weighted by Crippen LogP contribution is 2.30. The summed E-state index contributed by atoms with van der Waals surface area (Å²) < 4.78 is 1.92. The van der Waals surface area contributed by atoms with Gasteiger partial charge in [-0.05, 0) is 31.2 Å². The first-order valence-electron chi connectivity index (χ1n) is 5.95. The van der Waals surface area contributed by atoms with E-state index in [1.165, 1.54) is 19.3 Å². The van der Waals surface area contributed by atoms with Crippen molar-refractivity contribution in [1.29, 1.82) is 0 Å². The quantitative estimate of drug-likeness (QED) is 0.756. The lowest BCUT2D eigenvalue weighted by Crippen LogP contribution is -2.27. The van der Waals surface area contributed by atoms with Crippen LogP contribution in [0.25, 0.3) is 0 Å². The Balaban J connectivity index is 1.74. The molecule has 1 fully saturated rings. The third kappa shape index (κ3) is 2.59. The summed E-state index contributed by atoms with van der Waals surface area (Å²) >= 11 is 0. The minimum Gasteiger partial charge on any atom is -0.396 e. The van der Waals surface area contributed by atoms with Gasteiger partial charge in [0.05, 0.1) is 6.54 Å². The predicted molar refractivity (Wildman–Crippen MR) is 60.6 cm³/mol. The first-order valence-corrected chi connectivity index (χ1v) is 5.95. The smallest absolute Gasteiger partial charge is 0.146 e. The van der Waals surface area contributed by atoms with E-state index < -0.39 is 0 Å². The van der Waals surface area contributed by atoms with Crippen LogP contribution in [0.15, 0.2) is 6.33 Å². The molecule has 1 heterocycles. The third-order valence-corrected chi connectivity index (χ3v) is 3.55. The van der Waals surface area contributed by atoms with Gasteiger partial charge in [0.2, 0.25) is 0 Å². The predicted octanol–water partition coefficient (Wildman–Crippen LogP) is 0.313. The number of aliphatic hydroxyl groups is 1. The summed E-state index contributed by atoms with van der Waals surface area (Å²) in [7, 11) is 1.95. The summed E-state index contributed by atoms with van der Waals surface area (Å²) in [4.78, 5) is 0. The zero-order chi connectivity index (χ0) is 11.4. The van der Waals surface area contributed by atoms with Crippen LogP contribution in [0.1, 0.15) is 25.1 Å². The highest BCUT2D eigenvalue weighted by atomic mass is 16.3. The van der Waals surface area contributed by atoms with Crippen molar-refractivity contribution in [3.8, 4) is 0 Å². The second-order valence-corrected chi connectivity index (χ2v) is 4.62. The van der Waals surface area contributed by atoms with Gasteiger partial charge in [0.1, 0.15) is 12.2 Å². The number of aryl methyl sites for hydroxylation is 1. The van der Waals surface area contributed by atoms with Crippen LogP contribution in [0.2, 0.25) is 0 Å². The molecule has 1 aliphatic rings. The number of nitrogens with one attached hydrogen (secondary N) is 1. The molecule has 1 aromatic rings. The van der Waals surface area contributed by atoms with Gasteiger partial charge in [0, 0.05) is 13.7 Å². The van der Waals surface area contributed by atoms with Gasteiger partial charge >= 0.3 is 0 Å². The maximum atomic E-state index is 9.21. The minimum absolute atomic E-state index is 0.330. The van der Waals surface area contributed by atoms with E-state index in [2.05, 4.69) is 15.5 Å². The monoisotopic (exact) mass is 224 g/mol. The van der Waals surface area contributed by atoms with Crippen LogP contribution in [0, 0.1) is 11.8 Å². The van der Waals surface area contributed by atoms with Gasteiger partial charge in [-0.15, -0.1) is 10.2 Å². The van der Waals surface area contributed by atoms with Crippen molar-refractivity contribution in [1.82, 2.24) is 20.1 Å². The van der Waals surface area contributed by atoms with Gasteiger partial charge < -0.3 is 15.0 Å². The van der Waals surface area contributed by atoms with Crippen molar-refractivity contribution in [2.24, 2.45) is 18.9 Å². The molecule has 0 saturated heterocycles. The van der Waals surface area contributed by atoms with Gasteiger partial charge in [-0.1, -0.05) is 6.42 Å². The van der Waals surface area contributed by atoms with Crippen LogP contribution in [0.4, 0.5) is 0 Å². The summed E-state index contributed by atoms with van der Waals surface area (Å²) in [5.74, 6) is 2.07. The molecule has 0 spiro atoms. The van der Waals surface area contributed by atoms with Crippen molar-refractivity contribution >= 4 is 0 Å². The molecule has 2 N–H and O–H groups in total. The Morgan fingerprint density at radius 2 is 2.31 bits per heavy atom. The topological polar surface area (TPSA) is 63.0 Å².